The van der Waals surface area contributed by atoms with Crippen LogP contribution in [0.25, 0.3) is 0 Å². The third-order valence-electron chi connectivity index (χ3n) is 2.94. The lowest BCUT2D eigenvalue weighted by Gasteiger charge is -2.11. The Morgan fingerprint density at radius 3 is 2.90 bits per heavy atom. The number of sulfonamides is 1. The molecule has 0 saturated carbocycles. The van der Waals surface area contributed by atoms with Gasteiger partial charge < -0.3 is 10.1 Å². The summed E-state index contributed by atoms with van der Waals surface area (Å²) in [6, 6.07) is 6.37. The maximum absolute atomic E-state index is 12.0. The number of rotatable bonds is 5. The molecule has 0 aliphatic carbocycles. The average Bonchev–Trinajstić information content (AvgIpc) is 2.87. The van der Waals surface area contributed by atoms with Gasteiger partial charge >= 0.3 is 0 Å². The Morgan fingerprint density at radius 1 is 1.45 bits per heavy atom. The van der Waals surface area contributed by atoms with Crippen molar-refractivity contribution >= 4 is 21.6 Å². The third kappa shape index (κ3) is 4.50. The highest BCUT2D eigenvalue weighted by Gasteiger charge is 2.16. The largest absolute Gasteiger partial charge is 0.376 e. The first-order valence-electron chi connectivity index (χ1n) is 6.42. The number of amides is 1. The minimum Gasteiger partial charge on any atom is -0.376 e. The van der Waals surface area contributed by atoms with Crippen LogP contribution in [0.3, 0.4) is 0 Å². The lowest BCUT2D eigenvalue weighted by Crippen LogP contribution is -2.31. The molecule has 20 heavy (non-hydrogen) atoms. The zero-order valence-corrected chi connectivity index (χ0v) is 12.1. The molecule has 6 nitrogen and oxygen atoms in total. The molecule has 1 aromatic carbocycles. The van der Waals surface area contributed by atoms with Gasteiger partial charge in [-0.3, -0.25) is 9.52 Å². The fourth-order valence-electron chi connectivity index (χ4n) is 2.05. The molecule has 1 aliphatic heterocycles. The molecule has 2 N–H and O–H groups in total. The summed E-state index contributed by atoms with van der Waals surface area (Å²) in [6.07, 6.45) is 3.12. The van der Waals surface area contributed by atoms with Crippen molar-refractivity contribution < 1.29 is 17.9 Å². The number of hydrogen-bond donors (Lipinski definition) is 2. The van der Waals surface area contributed by atoms with Gasteiger partial charge in [-0.15, -0.1) is 0 Å². The van der Waals surface area contributed by atoms with Crippen molar-refractivity contribution in [2.75, 3.05) is 24.1 Å². The van der Waals surface area contributed by atoms with Crippen molar-refractivity contribution in [3.63, 3.8) is 0 Å². The first-order chi connectivity index (χ1) is 9.44. The smallest absolute Gasteiger partial charge is 0.251 e. The van der Waals surface area contributed by atoms with Crippen LogP contribution in [-0.4, -0.2) is 39.8 Å². The highest BCUT2D eigenvalue weighted by atomic mass is 32.2. The van der Waals surface area contributed by atoms with Gasteiger partial charge in [-0.25, -0.2) is 8.42 Å². The predicted octanol–water partition coefficient (Wildman–Crippen LogP) is 0.967. The zero-order chi connectivity index (χ0) is 14.6. The van der Waals surface area contributed by atoms with Gasteiger partial charge in [0.15, 0.2) is 0 Å². The van der Waals surface area contributed by atoms with E-state index in [1.54, 1.807) is 18.2 Å². The van der Waals surface area contributed by atoms with Crippen molar-refractivity contribution in [3.8, 4) is 0 Å². The quantitative estimate of drug-likeness (QED) is 0.848. The first kappa shape index (κ1) is 14.8. The van der Waals surface area contributed by atoms with Crippen LogP contribution in [0, 0.1) is 0 Å². The summed E-state index contributed by atoms with van der Waals surface area (Å²) in [7, 11) is -3.35. The average molecular weight is 298 g/mol. The van der Waals surface area contributed by atoms with Gasteiger partial charge in [-0.1, -0.05) is 6.07 Å². The SMILES string of the molecule is CS(=O)(=O)Nc1cccc(C(=O)NCC2CCCO2)c1. The number of nitrogens with one attached hydrogen (secondary N) is 2. The lowest BCUT2D eigenvalue weighted by atomic mass is 10.2. The van der Waals surface area contributed by atoms with E-state index in [4.69, 9.17) is 4.74 Å². The summed E-state index contributed by atoms with van der Waals surface area (Å²) in [5, 5.41) is 2.79. The molecule has 0 aromatic heterocycles. The van der Waals surface area contributed by atoms with Crippen molar-refractivity contribution in [2.24, 2.45) is 0 Å². The minimum atomic E-state index is -3.35. The Bertz CT molecular complexity index is 580. The highest BCUT2D eigenvalue weighted by Crippen LogP contribution is 2.13. The molecular formula is C13H18N2O4S. The van der Waals surface area contributed by atoms with E-state index in [-0.39, 0.29) is 12.0 Å². The van der Waals surface area contributed by atoms with E-state index in [0.717, 1.165) is 25.7 Å². The maximum atomic E-state index is 12.0. The molecule has 1 amide bonds. The van der Waals surface area contributed by atoms with Crippen molar-refractivity contribution in [3.05, 3.63) is 29.8 Å². The lowest BCUT2D eigenvalue weighted by molar-refractivity contribution is 0.0858. The maximum Gasteiger partial charge on any atom is 0.251 e. The fourth-order valence-corrected chi connectivity index (χ4v) is 2.61. The van der Waals surface area contributed by atoms with Gasteiger partial charge in [0, 0.05) is 24.4 Å². The van der Waals surface area contributed by atoms with Crippen molar-refractivity contribution in [1.29, 1.82) is 0 Å². The Labute approximate surface area is 118 Å². The first-order valence-corrected chi connectivity index (χ1v) is 8.31. The molecular weight excluding hydrogens is 280 g/mol. The van der Waals surface area contributed by atoms with E-state index < -0.39 is 10.0 Å². The number of benzene rings is 1. The monoisotopic (exact) mass is 298 g/mol. The summed E-state index contributed by atoms with van der Waals surface area (Å²) in [4.78, 5) is 12.0. The molecule has 1 heterocycles. The van der Waals surface area contributed by atoms with Gasteiger partial charge in [-0.2, -0.15) is 0 Å². The Balaban J connectivity index is 1.96. The fraction of sp³-hybridized carbons (Fsp3) is 0.462. The van der Waals surface area contributed by atoms with Crippen LogP contribution < -0.4 is 10.0 Å². The second kappa shape index (κ2) is 6.23. The van der Waals surface area contributed by atoms with E-state index in [1.807, 2.05) is 0 Å². The van der Waals surface area contributed by atoms with E-state index in [1.165, 1.54) is 6.07 Å². The molecule has 1 aromatic rings. The van der Waals surface area contributed by atoms with E-state index in [2.05, 4.69) is 10.0 Å². The van der Waals surface area contributed by atoms with Gasteiger partial charge in [0.25, 0.3) is 5.91 Å². The normalized spacial score (nSPS) is 18.8. The molecule has 2 rings (SSSR count). The molecule has 1 fully saturated rings. The molecule has 1 atom stereocenters. The molecule has 1 saturated heterocycles. The summed E-state index contributed by atoms with van der Waals surface area (Å²) >= 11 is 0. The van der Waals surface area contributed by atoms with Crippen molar-refractivity contribution in [1.82, 2.24) is 5.32 Å². The molecule has 7 heteroatoms. The van der Waals surface area contributed by atoms with Crippen LogP contribution in [0.15, 0.2) is 24.3 Å². The third-order valence-corrected chi connectivity index (χ3v) is 3.55. The molecule has 1 aliphatic rings. The van der Waals surface area contributed by atoms with E-state index in [0.29, 0.717) is 17.8 Å². The van der Waals surface area contributed by atoms with Crippen molar-refractivity contribution in [2.45, 2.75) is 18.9 Å². The Hall–Kier alpha value is -1.60. The van der Waals surface area contributed by atoms with Gasteiger partial charge in [0.1, 0.15) is 0 Å². The second-order valence-corrected chi connectivity index (χ2v) is 6.55. The second-order valence-electron chi connectivity index (χ2n) is 4.80. The van der Waals surface area contributed by atoms with E-state index >= 15 is 0 Å². The van der Waals surface area contributed by atoms with Crippen LogP contribution in [0.5, 0.6) is 0 Å². The number of anilines is 1. The van der Waals surface area contributed by atoms with Crippen LogP contribution in [0.4, 0.5) is 5.69 Å². The topological polar surface area (TPSA) is 84.5 Å². The highest BCUT2D eigenvalue weighted by molar-refractivity contribution is 7.92. The van der Waals surface area contributed by atoms with Gasteiger partial charge in [0.2, 0.25) is 10.0 Å². The van der Waals surface area contributed by atoms with Gasteiger partial charge in [-0.05, 0) is 31.0 Å². The summed E-state index contributed by atoms with van der Waals surface area (Å²) < 4.78 is 30.1. The minimum absolute atomic E-state index is 0.0799. The summed E-state index contributed by atoms with van der Waals surface area (Å²) in [6.45, 7) is 1.22. The Kier molecular flexibility index (Phi) is 4.61. The summed E-state index contributed by atoms with van der Waals surface area (Å²) in [5.41, 5.74) is 0.786. The zero-order valence-electron chi connectivity index (χ0n) is 11.3. The number of hydrogen-bond acceptors (Lipinski definition) is 4. The molecule has 1 unspecified atom stereocenters. The van der Waals surface area contributed by atoms with Crippen LogP contribution in [-0.2, 0) is 14.8 Å². The van der Waals surface area contributed by atoms with Gasteiger partial charge in [0.05, 0.1) is 12.4 Å². The Morgan fingerprint density at radius 2 is 2.25 bits per heavy atom. The summed E-state index contributed by atoms with van der Waals surface area (Å²) in [5.74, 6) is -0.238. The molecule has 0 radical (unpaired) electrons. The van der Waals surface area contributed by atoms with Crippen LogP contribution in [0.2, 0.25) is 0 Å². The number of ether oxygens (including phenoxy) is 1. The number of carbonyl (C=O) groups excluding carboxylic acids is 1. The molecule has 0 spiro atoms. The van der Waals surface area contributed by atoms with E-state index in [9.17, 15) is 13.2 Å². The standard InChI is InChI=1S/C13H18N2O4S/c1-20(17,18)15-11-5-2-4-10(8-11)13(16)14-9-12-6-3-7-19-12/h2,4-5,8,12,15H,3,6-7,9H2,1H3,(H,14,16). The predicted molar refractivity (Wildman–Crippen MR) is 76.2 cm³/mol. The molecule has 0 bridgehead atoms. The number of carbonyl (C=O) groups is 1. The van der Waals surface area contributed by atoms with Crippen LogP contribution in [0.1, 0.15) is 23.2 Å². The van der Waals surface area contributed by atoms with Crippen LogP contribution >= 0.6 is 0 Å². The molecule has 110 valence electrons.